The molecule has 182 valence electrons. The van der Waals surface area contributed by atoms with Crippen LogP contribution in [0.5, 0.6) is 0 Å². The summed E-state index contributed by atoms with van der Waals surface area (Å²) in [6.45, 7) is 3.50. The van der Waals surface area contributed by atoms with E-state index >= 15 is 0 Å². The van der Waals surface area contributed by atoms with Gasteiger partial charge in [-0.25, -0.2) is 4.79 Å². The van der Waals surface area contributed by atoms with Gasteiger partial charge in [-0.2, -0.15) is 11.8 Å². The normalized spacial score (nSPS) is 14.9. The molecule has 1 aliphatic rings. The predicted octanol–water partition coefficient (Wildman–Crippen LogP) is 4.26. The molecule has 2 aromatic carbocycles. The zero-order chi connectivity index (χ0) is 24.7. The summed E-state index contributed by atoms with van der Waals surface area (Å²) in [7, 11) is 0. The highest BCUT2D eigenvalue weighted by Crippen LogP contribution is 2.44. The Morgan fingerprint density at radius 1 is 1.09 bits per heavy atom. The molecule has 2 aromatic rings. The largest absolute Gasteiger partial charge is 0.481 e. The first kappa shape index (κ1) is 25.6. The van der Waals surface area contributed by atoms with Crippen LogP contribution in [0.25, 0.3) is 11.1 Å². The molecule has 7 nitrogen and oxygen atoms in total. The summed E-state index contributed by atoms with van der Waals surface area (Å²) in [5.74, 6) is -0.799. The number of aliphatic carboxylic acids is 1. The molecule has 0 heterocycles. The molecule has 0 saturated heterocycles. The number of hydrogen-bond acceptors (Lipinski definition) is 5. The van der Waals surface area contributed by atoms with Crippen molar-refractivity contribution in [2.75, 3.05) is 25.2 Å². The number of thioether (sulfide) groups is 1. The smallest absolute Gasteiger partial charge is 0.407 e. The van der Waals surface area contributed by atoms with Crippen LogP contribution in [0, 0.1) is 5.41 Å². The molecule has 0 saturated carbocycles. The Hall–Kier alpha value is -3.00. The van der Waals surface area contributed by atoms with E-state index < -0.39 is 29.4 Å². The molecule has 3 N–H and O–H groups in total. The highest BCUT2D eigenvalue weighted by Gasteiger charge is 2.33. The lowest BCUT2D eigenvalue weighted by Crippen LogP contribution is -2.50. The van der Waals surface area contributed by atoms with Gasteiger partial charge >= 0.3 is 12.1 Å². The molecule has 2 amide bonds. The fourth-order valence-electron chi connectivity index (χ4n) is 4.04. The zero-order valence-corrected chi connectivity index (χ0v) is 20.6. The number of carbonyl (C=O) groups is 3. The van der Waals surface area contributed by atoms with E-state index in [-0.39, 0.29) is 19.1 Å². The number of amides is 2. The van der Waals surface area contributed by atoms with Crippen molar-refractivity contribution in [1.29, 1.82) is 0 Å². The Morgan fingerprint density at radius 2 is 1.68 bits per heavy atom. The number of hydrogen-bond donors (Lipinski definition) is 3. The highest BCUT2D eigenvalue weighted by atomic mass is 32.2. The van der Waals surface area contributed by atoms with Gasteiger partial charge < -0.3 is 20.5 Å². The lowest BCUT2D eigenvalue weighted by molar-refractivity contribution is -0.148. The minimum Gasteiger partial charge on any atom is -0.481 e. The topological polar surface area (TPSA) is 105 Å². The molecule has 0 fully saturated rings. The molecule has 0 spiro atoms. The standard InChI is InChI=1S/C26H32N2O5S/c1-4-26(2,24(30)31)16-27-23(29)22(13-14-34-3)28-25(32)33-15-21-19-11-7-5-9-17(19)18-10-6-8-12-20(18)21/h5-12,21-22H,4,13-16H2,1-3H3,(H,27,29)(H,28,32)(H,30,31)/t22-,26?/m0/s1. The van der Waals surface area contributed by atoms with Gasteiger partial charge in [0.1, 0.15) is 12.6 Å². The van der Waals surface area contributed by atoms with E-state index in [1.807, 2.05) is 42.7 Å². The Labute approximate surface area is 204 Å². The van der Waals surface area contributed by atoms with Gasteiger partial charge in [-0.15, -0.1) is 0 Å². The number of nitrogens with one attached hydrogen (secondary N) is 2. The molecule has 3 rings (SSSR count). The second-order valence-electron chi connectivity index (χ2n) is 8.74. The van der Waals surface area contributed by atoms with Gasteiger partial charge in [0.2, 0.25) is 5.91 Å². The Balaban J connectivity index is 1.63. The maximum atomic E-state index is 12.8. The van der Waals surface area contributed by atoms with Crippen molar-refractivity contribution in [2.24, 2.45) is 5.41 Å². The van der Waals surface area contributed by atoms with Crippen LogP contribution >= 0.6 is 11.8 Å². The van der Waals surface area contributed by atoms with Crippen molar-refractivity contribution < 1.29 is 24.2 Å². The first-order valence-electron chi connectivity index (χ1n) is 11.4. The number of benzene rings is 2. The average molecular weight is 485 g/mol. The molecule has 0 radical (unpaired) electrons. The van der Waals surface area contributed by atoms with Crippen molar-refractivity contribution in [3.63, 3.8) is 0 Å². The van der Waals surface area contributed by atoms with Crippen LogP contribution in [0.1, 0.15) is 43.7 Å². The van der Waals surface area contributed by atoms with E-state index in [1.54, 1.807) is 25.6 Å². The van der Waals surface area contributed by atoms with Gasteiger partial charge in [-0.1, -0.05) is 55.5 Å². The van der Waals surface area contributed by atoms with Crippen LogP contribution in [-0.4, -0.2) is 54.3 Å². The summed E-state index contributed by atoms with van der Waals surface area (Å²) in [4.78, 5) is 37.0. The molecule has 2 atom stereocenters. The van der Waals surface area contributed by atoms with Gasteiger partial charge in [-0.3, -0.25) is 9.59 Å². The van der Waals surface area contributed by atoms with E-state index in [0.29, 0.717) is 18.6 Å². The molecule has 8 heteroatoms. The molecular weight excluding hydrogens is 452 g/mol. The average Bonchev–Trinajstić information content (AvgIpc) is 3.17. The second kappa shape index (κ2) is 11.4. The molecule has 1 aliphatic carbocycles. The Bertz CT molecular complexity index is 998. The van der Waals surface area contributed by atoms with Crippen molar-refractivity contribution in [2.45, 2.75) is 38.6 Å². The van der Waals surface area contributed by atoms with E-state index in [0.717, 1.165) is 22.3 Å². The summed E-state index contributed by atoms with van der Waals surface area (Å²) in [5, 5.41) is 14.8. The third-order valence-electron chi connectivity index (χ3n) is 6.51. The van der Waals surface area contributed by atoms with Crippen LogP contribution in [0.2, 0.25) is 0 Å². The van der Waals surface area contributed by atoms with Crippen LogP contribution in [0.3, 0.4) is 0 Å². The Morgan fingerprint density at radius 3 is 2.21 bits per heavy atom. The number of ether oxygens (including phenoxy) is 1. The van der Waals surface area contributed by atoms with Crippen LogP contribution in [0.4, 0.5) is 4.79 Å². The number of carbonyl (C=O) groups excluding carboxylic acids is 2. The van der Waals surface area contributed by atoms with Crippen molar-refractivity contribution in [3.05, 3.63) is 59.7 Å². The zero-order valence-electron chi connectivity index (χ0n) is 19.8. The third-order valence-corrected chi connectivity index (χ3v) is 7.16. The van der Waals surface area contributed by atoms with Gasteiger partial charge in [0.15, 0.2) is 0 Å². The first-order valence-corrected chi connectivity index (χ1v) is 12.8. The van der Waals surface area contributed by atoms with E-state index in [9.17, 15) is 19.5 Å². The van der Waals surface area contributed by atoms with Crippen molar-refractivity contribution in [3.8, 4) is 11.1 Å². The fraction of sp³-hybridized carbons (Fsp3) is 0.423. The lowest BCUT2D eigenvalue weighted by atomic mass is 9.87. The molecule has 0 aliphatic heterocycles. The summed E-state index contributed by atoms with van der Waals surface area (Å²) in [6, 6.07) is 15.4. The molecule has 0 aromatic heterocycles. The minimum atomic E-state index is -1.07. The second-order valence-corrected chi connectivity index (χ2v) is 9.73. The fourth-order valence-corrected chi connectivity index (χ4v) is 4.52. The summed E-state index contributed by atoms with van der Waals surface area (Å²) in [5.41, 5.74) is 3.44. The minimum absolute atomic E-state index is 0.0141. The van der Waals surface area contributed by atoms with Crippen LogP contribution < -0.4 is 10.6 Å². The molecule has 0 bridgehead atoms. The van der Waals surface area contributed by atoms with Crippen molar-refractivity contribution in [1.82, 2.24) is 10.6 Å². The van der Waals surface area contributed by atoms with Crippen molar-refractivity contribution >= 4 is 29.7 Å². The van der Waals surface area contributed by atoms with Gasteiger partial charge in [0.05, 0.1) is 5.41 Å². The summed E-state index contributed by atoms with van der Waals surface area (Å²) in [6.07, 6.45) is 2.03. The summed E-state index contributed by atoms with van der Waals surface area (Å²) < 4.78 is 5.57. The maximum absolute atomic E-state index is 12.8. The highest BCUT2D eigenvalue weighted by molar-refractivity contribution is 7.98. The summed E-state index contributed by atoms with van der Waals surface area (Å²) >= 11 is 1.56. The Kier molecular flexibility index (Phi) is 8.61. The number of alkyl carbamates (subject to hydrolysis) is 1. The first-order chi connectivity index (χ1) is 16.3. The molecule has 34 heavy (non-hydrogen) atoms. The number of rotatable bonds is 11. The quantitative estimate of drug-likeness (QED) is 0.440. The van der Waals surface area contributed by atoms with Gasteiger partial charge in [0.25, 0.3) is 0 Å². The lowest BCUT2D eigenvalue weighted by Gasteiger charge is -2.25. The molecular formula is C26H32N2O5S. The van der Waals surface area contributed by atoms with Gasteiger partial charge in [0, 0.05) is 12.5 Å². The number of fused-ring (bicyclic) bond motifs is 3. The van der Waals surface area contributed by atoms with Crippen LogP contribution in [0.15, 0.2) is 48.5 Å². The van der Waals surface area contributed by atoms with Gasteiger partial charge in [-0.05, 0) is 54.0 Å². The van der Waals surface area contributed by atoms with E-state index in [4.69, 9.17) is 4.74 Å². The number of carboxylic acids is 1. The molecule has 1 unspecified atom stereocenters. The van der Waals surface area contributed by atoms with E-state index in [2.05, 4.69) is 22.8 Å². The number of carboxylic acid groups (broad SMARTS) is 1. The van der Waals surface area contributed by atoms with E-state index in [1.165, 1.54) is 0 Å². The van der Waals surface area contributed by atoms with Crippen LogP contribution in [-0.2, 0) is 14.3 Å². The maximum Gasteiger partial charge on any atom is 0.407 e. The monoisotopic (exact) mass is 484 g/mol. The SMILES string of the molecule is CCC(C)(CNC(=O)[C@H](CCSC)NC(=O)OCC1c2ccccc2-c2ccccc21)C(=O)O. The third kappa shape index (κ3) is 5.73. The predicted molar refractivity (Wildman–Crippen MR) is 134 cm³/mol.